The van der Waals surface area contributed by atoms with Crippen LogP contribution in [0.1, 0.15) is 75.0 Å². The van der Waals surface area contributed by atoms with Crippen molar-refractivity contribution in [3.05, 3.63) is 106 Å². The summed E-state index contributed by atoms with van der Waals surface area (Å²) in [5.41, 5.74) is 9.29. The van der Waals surface area contributed by atoms with E-state index in [1.807, 2.05) is 49.4 Å². The first-order chi connectivity index (χ1) is 21.3. The second kappa shape index (κ2) is 14.2. The fourth-order valence-corrected chi connectivity index (χ4v) is 6.31. The lowest BCUT2D eigenvalue weighted by Gasteiger charge is -2.32. The highest BCUT2D eigenvalue weighted by molar-refractivity contribution is 7.09. The summed E-state index contributed by atoms with van der Waals surface area (Å²) < 4.78 is 4.30. The van der Waals surface area contributed by atoms with Gasteiger partial charge in [-0.15, -0.1) is 0 Å². The van der Waals surface area contributed by atoms with Crippen molar-refractivity contribution in [1.29, 1.82) is 0 Å². The first-order valence-corrected chi connectivity index (χ1v) is 15.7. The van der Waals surface area contributed by atoms with Gasteiger partial charge in [0.05, 0.1) is 5.69 Å². The molecule has 1 aliphatic rings. The number of phenolic OH excluding ortho intramolecular Hbond substituents is 1. The molecule has 0 spiro atoms. The van der Waals surface area contributed by atoms with Crippen LogP contribution in [0.25, 0.3) is 0 Å². The summed E-state index contributed by atoms with van der Waals surface area (Å²) in [4.78, 5) is 43.1. The summed E-state index contributed by atoms with van der Waals surface area (Å²) in [6, 6.07) is 22.2. The number of benzene rings is 3. The topological polar surface area (TPSA) is 138 Å². The molecule has 5 N–H and O–H groups in total. The summed E-state index contributed by atoms with van der Waals surface area (Å²) in [6.07, 6.45) is 5.67. The highest BCUT2D eigenvalue weighted by atomic mass is 32.1. The van der Waals surface area contributed by atoms with Crippen molar-refractivity contribution in [2.75, 3.05) is 17.2 Å². The molecule has 1 heterocycles. The van der Waals surface area contributed by atoms with Gasteiger partial charge in [-0.05, 0) is 72.6 Å². The van der Waals surface area contributed by atoms with Gasteiger partial charge in [0.25, 0.3) is 11.8 Å². The Labute approximate surface area is 261 Å². The fourth-order valence-electron chi connectivity index (χ4n) is 5.57. The number of rotatable bonds is 10. The maximum atomic E-state index is 14.5. The molecule has 5 rings (SSSR count). The largest absolute Gasteiger partial charge is 0.508 e. The number of aromatic hydroxyl groups is 1. The Morgan fingerprint density at radius 2 is 1.66 bits per heavy atom. The first-order valence-electron chi connectivity index (χ1n) is 14.9. The quantitative estimate of drug-likeness (QED) is 0.186. The number of aryl methyl sites for hydroxylation is 1. The third-order valence-electron chi connectivity index (χ3n) is 7.94. The molecule has 3 aromatic carbocycles. The van der Waals surface area contributed by atoms with Crippen LogP contribution in [0.5, 0.6) is 5.75 Å². The smallest absolute Gasteiger partial charge is 0.273 e. The number of anilines is 2. The fraction of sp³-hybridized carbons (Fsp3) is 0.294. The van der Waals surface area contributed by atoms with E-state index in [-0.39, 0.29) is 28.0 Å². The molecular formula is C34H37N5O4S. The standard InChI is InChI=1S/C34H37N5O4S/c1-22-10-8-9-15-27(22)39(34(43)31-28(35)29(38-44-31)32(41)37-25-13-6-3-7-14-25)30(24-16-18-26(40)19-17-24)33(42)36-21-20-23-11-4-2-5-12-23/h2,4-5,8-12,15-19,25,30,40H,3,6-7,13-14,20-21,35H2,1H3,(H,36,42)(H,37,41). The molecule has 228 valence electrons. The zero-order chi connectivity index (χ0) is 31.1. The molecule has 3 amide bonds. The van der Waals surface area contributed by atoms with Gasteiger partial charge in [-0.3, -0.25) is 19.3 Å². The van der Waals surface area contributed by atoms with Gasteiger partial charge in [0.15, 0.2) is 5.69 Å². The number of phenols is 1. The van der Waals surface area contributed by atoms with E-state index in [9.17, 15) is 19.5 Å². The molecule has 1 saturated carbocycles. The van der Waals surface area contributed by atoms with Crippen molar-refractivity contribution < 1.29 is 19.5 Å². The summed E-state index contributed by atoms with van der Waals surface area (Å²) >= 11 is 0.847. The van der Waals surface area contributed by atoms with Crippen LogP contribution >= 0.6 is 11.5 Å². The SMILES string of the molecule is Cc1ccccc1N(C(=O)c1snc(C(=O)NC2CCCCC2)c1N)C(C(=O)NCCc1ccccc1)c1ccc(O)cc1. The number of hydrogen-bond acceptors (Lipinski definition) is 7. The molecule has 1 aromatic heterocycles. The number of carbonyl (C=O) groups is 3. The van der Waals surface area contributed by atoms with E-state index in [1.54, 1.807) is 24.3 Å². The van der Waals surface area contributed by atoms with Crippen LogP contribution in [-0.2, 0) is 11.2 Å². The second-order valence-electron chi connectivity index (χ2n) is 11.1. The molecule has 0 aliphatic heterocycles. The number of hydrogen-bond donors (Lipinski definition) is 4. The monoisotopic (exact) mass is 611 g/mol. The highest BCUT2D eigenvalue weighted by Crippen LogP contribution is 2.35. The third-order valence-corrected chi connectivity index (χ3v) is 8.79. The minimum atomic E-state index is -1.11. The predicted octanol–water partition coefficient (Wildman–Crippen LogP) is 5.55. The van der Waals surface area contributed by atoms with E-state index in [2.05, 4.69) is 15.0 Å². The summed E-state index contributed by atoms with van der Waals surface area (Å²) in [7, 11) is 0. The van der Waals surface area contributed by atoms with Gasteiger partial charge in [0.2, 0.25) is 5.91 Å². The van der Waals surface area contributed by atoms with Gasteiger partial charge in [-0.1, -0.05) is 79.9 Å². The molecule has 1 fully saturated rings. The molecule has 1 unspecified atom stereocenters. The average molecular weight is 612 g/mol. The zero-order valence-corrected chi connectivity index (χ0v) is 25.5. The maximum absolute atomic E-state index is 14.5. The van der Waals surface area contributed by atoms with E-state index < -0.39 is 23.8 Å². The van der Waals surface area contributed by atoms with Gasteiger partial charge < -0.3 is 21.5 Å². The molecule has 10 heteroatoms. The van der Waals surface area contributed by atoms with Gasteiger partial charge in [-0.25, -0.2) is 0 Å². The second-order valence-corrected chi connectivity index (χ2v) is 11.8. The summed E-state index contributed by atoms with van der Waals surface area (Å²) in [5, 5.41) is 16.0. The van der Waals surface area contributed by atoms with Crippen LogP contribution in [0.2, 0.25) is 0 Å². The number of nitrogens with zero attached hydrogens (tertiary/aromatic N) is 2. The zero-order valence-electron chi connectivity index (χ0n) is 24.7. The van der Waals surface area contributed by atoms with E-state index >= 15 is 0 Å². The summed E-state index contributed by atoms with van der Waals surface area (Å²) in [6.45, 7) is 2.21. The lowest BCUT2D eigenvalue weighted by atomic mass is 9.95. The minimum Gasteiger partial charge on any atom is -0.508 e. The Balaban J connectivity index is 1.50. The van der Waals surface area contributed by atoms with Crippen LogP contribution in [-0.4, -0.2) is 39.8 Å². The van der Waals surface area contributed by atoms with Crippen LogP contribution in [0.15, 0.2) is 78.9 Å². The minimum absolute atomic E-state index is 0.0131. The Hall–Kier alpha value is -4.70. The molecule has 4 aromatic rings. The number of nitrogens with one attached hydrogen (secondary N) is 2. The molecular weight excluding hydrogens is 574 g/mol. The third kappa shape index (κ3) is 7.08. The first kappa shape index (κ1) is 30.7. The van der Waals surface area contributed by atoms with Crippen LogP contribution in [0.4, 0.5) is 11.4 Å². The van der Waals surface area contributed by atoms with Crippen molar-refractivity contribution in [3.63, 3.8) is 0 Å². The van der Waals surface area contributed by atoms with Gasteiger partial charge in [0, 0.05) is 18.3 Å². The number of carbonyl (C=O) groups excluding carboxylic acids is 3. The summed E-state index contributed by atoms with van der Waals surface area (Å²) in [5.74, 6) is -1.32. The molecule has 0 saturated heterocycles. The molecule has 9 nitrogen and oxygen atoms in total. The lowest BCUT2D eigenvalue weighted by molar-refractivity contribution is -0.122. The Kier molecular flexibility index (Phi) is 9.91. The van der Waals surface area contributed by atoms with Crippen molar-refractivity contribution in [2.45, 2.75) is 57.5 Å². The van der Waals surface area contributed by atoms with Crippen LogP contribution in [0, 0.1) is 6.92 Å². The van der Waals surface area contributed by atoms with Crippen molar-refractivity contribution in [2.24, 2.45) is 0 Å². The number of nitrogens with two attached hydrogens (primary N) is 1. The highest BCUT2D eigenvalue weighted by Gasteiger charge is 2.37. The number of aromatic nitrogens is 1. The molecule has 1 atom stereocenters. The van der Waals surface area contributed by atoms with E-state index in [0.29, 0.717) is 24.2 Å². The Morgan fingerprint density at radius 1 is 0.977 bits per heavy atom. The van der Waals surface area contributed by atoms with Gasteiger partial charge in [-0.2, -0.15) is 4.37 Å². The van der Waals surface area contributed by atoms with Gasteiger partial charge in [0.1, 0.15) is 16.7 Å². The van der Waals surface area contributed by atoms with Crippen molar-refractivity contribution in [3.8, 4) is 5.75 Å². The number of amides is 3. The normalized spacial score (nSPS) is 14.0. The van der Waals surface area contributed by atoms with Crippen molar-refractivity contribution >= 4 is 40.6 Å². The predicted molar refractivity (Wildman–Crippen MR) is 173 cm³/mol. The lowest BCUT2D eigenvalue weighted by Crippen LogP contribution is -2.44. The molecule has 1 aliphatic carbocycles. The maximum Gasteiger partial charge on any atom is 0.273 e. The van der Waals surface area contributed by atoms with Crippen LogP contribution in [0.3, 0.4) is 0 Å². The molecule has 44 heavy (non-hydrogen) atoms. The van der Waals surface area contributed by atoms with E-state index in [0.717, 1.165) is 54.8 Å². The number of para-hydroxylation sites is 1. The Bertz CT molecular complexity index is 1600. The molecule has 0 radical (unpaired) electrons. The Morgan fingerprint density at radius 3 is 2.36 bits per heavy atom. The van der Waals surface area contributed by atoms with E-state index in [4.69, 9.17) is 5.73 Å². The average Bonchev–Trinajstić information content (AvgIpc) is 3.43. The van der Waals surface area contributed by atoms with Crippen molar-refractivity contribution in [1.82, 2.24) is 15.0 Å². The van der Waals surface area contributed by atoms with Gasteiger partial charge >= 0.3 is 0 Å². The van der Waals surface area contributed by atoms with E-state index in [1.165, 1.54) is 17.0 Å². The molecule has 0 bridgehead atoms. The van der Waals surface area contributed by atoms with Crippen LogP contribution < -0.4 is 21.3 Å². The number of nitrogen functional groups attached to an aromatic ring is 1.